The number of amides is 1. The zero-order chi connectivity index (χ0) is 13.4. The summed E-state index contributed by atoms with van der Waals surface area (Å²) < 4.78 is 0. The fourth-order valence-electron chi connectivity index (χ4n) is 2.93. The molecule has 0 saturated carbocycles. The van der Waals surface area contributed by atoms with E-state index in [-0.39, 0.29) is 11.9 Å². The van der Waals surface area contributed by atoms with Crippen LogP contribution in [0.2, 0.25) is 0 Å². The molecule has 0 bridgehead atoms. The standard InChI is InChI=1S/C13H20N4OS/c1-9(14)12-15-11(8-19-12)13(18)17-6-5-16-4-2-3-10(16)7-17/h8-10H,2-7,14H2,1H3. The van der Waals surface area contributed by atoms with Crippen molar-refractivity contribution >= 4 is 17.2 Å². The van der Waals surface area contributed by atoms with E-state index in [1.165, 1.54) is 30.7 Å². The molecule has 6 heteroatoms. The van der Waals surface area contributed by atoms with Crippen molar-refractivity contribution in [1.82, 2.24) is 14.8 Å². The minimum Gasteiger partial charge on any atom is -0.334 e. The Bertz CT molecular complexity index is 473. The van der Waals surface area contributed by atoms with Gasteiger partial charge in [0.15, 0.2) is 0 Å². The number of hydrogen-bond donors (Lipinski definition) is 1. The highest BCUT2D eigenvalue weighted by molar-refractivity contribution is 7.09. The maximum Gasteiger partial charge on any atom is 0.273 e. The van der Waals surface area contributed by atoms with Gasteiger partial charge in [0.1, 0.15) is 10.7 Å². The maximum atomic E-state index is 12.4. The number of hydrogen-bond acceptors (Lipinski definition) is 5. The Kier molecular flexibility index (Phi) is 3.56. The van der Waals surface area contributed by atoms with E-state index >= 15 is 0 Å². The van der Waals surface area contributed by atoms with Crippen LogP contribution in [0.25, 0.3) is 0 Å². The van der Waals surface area contributed by atoms with E-state index in [1.54, 1.807) is 0 Å². The molecule has 1 aromatic rings. The molecule has 2 N–H and O–H groups in total. The van der Waals surface area contributed by atoms with Gasteiger partial charge in [-0.25, -0.2) is 4.98 Å². The summed E-state index contributed by atoms with van der Waals surface area (Å²) in [5.74, 6) is 0.0645. The molecule has 2 aliphatic rings. The fourth-order valence-corrected chi connectivity index (χ4v) is 3.68. The summed E-state index contributed by atoms with van der Waals surface area (Å²) in [6.07, 6.45) is 2.48. The van der Waals surface area contributed by atoms with Crippen LogP contribution in [-0.4, -0.2) is 52.9 Å². The third-order valence-electron chi connectivity index (χ3n) is 4.01. The lowest BCUT2D eigenvalue weighted by Crippen LogP contribution is -2.52. The van der Waals surface area contributed by atoms with Crippen LogP contribution in [-0.2, 0) is 0 Å². The Labute approximate surface area is 117 Å². The molecule has 5 nitrogen and oxygen atoms in total. The summed E-state index contributed by atoms with van der Waals surface area (Å²) in [7, 11) is 0. The van der Waals surface area contributed by atoms with Gasteiger partial charge in [-0.3, -0.25) is 9.69 Å². The van der Waals surface area contributed by atoms with Gasteiger partial charge in [0.25, 0.3) is 5.91 Å². The van der Waals surface area contributed by atoms with Crippen molar-refractivity contribution in [3.63, 3.8) is 0 Å². The predicted molar refractivity (Wildman–Crippen MR) is 75.2 cm³/mol. The minimum atomic E-state index is -0.0989. The third-order valence-corrected chi connectivity index (χ3v) is 5.05. The second-order valence-corrected chi connectivity index (χ2v) is 6.33. The molecule has 2 aliphatic heterocycles. The first kappa shape index (κ1) is 13.0. The molecular formula is C13H20N4OS. The molecule has 104 valence electrons. The average molecular weight is 280 g/mol. The van der Waals surface area contributed by atoms with Gasteiger partial charge in [0, 0.05) is 31.1 Å². The van der Waals surface area contributed by atoms with E-state index in [0.29, 0.717) is 11.7 Å². The lowest BCUT2D eigenvalue weighted by molar-refractivity contribution is 0.0566. The molecule has 2 atom stereocenters. The number of piperazine rings is 1. The number of thiazole rings is 1. The van der Waals surface area contributed by atoms with E-state index in [1.807, 2.05) is 17.2 Å². The van der Waals surface area contributed by atoms with E-state index in [2.05, 4.69) is 9.88 Å². The van der Waals surface area contributed by atoms with Gasteiger partial charge in [0.05, 0.1) is 6.04 Å². The topological polar surface area (TPSA) is 62.5 Å². The average Bonchev–Trinajstić information content (AvgIpc) is 3.06. The molecule has 2 unspecified atom stereocenters. The summed E-state index contributed by atoms with van der Waals surface area (Å²) in [5, 5.41) is 2.67. The molecule has 2 saturated heterocycles. The van der Waals surface area contributed by atoms with E-state index in [9.17, 15) is 4.79 Å². The predicted octanol–water partition coefficient (Wildman–Crippen LogP) is 1.08. The Hall–Kier alpha value is -0.980. The van der Waals surface area contributed by atoms with Crippen LogP contribution < -0.4 is 5.73 Å². The highest BCUT2D eigenvalue weighted by atomic mass is 32.1. The van der Waals surface area contributed by atoms with Crippen molar-refractivity contribution in [2.45, 2.75) is 31.8 Å². The minimum absolute atomic E-state index is 0.0645. The molecule has 3 heterocycles. The Balaban J connectivity index is 1.69. The van der Waals surface area contributed by atoms with Crippen LogP contribution in [0.15, 0.2) is 5.38 Å². The number of nitrogens with two attached hydrogens (primary N) is 1. The Morgan fingerprint density at radius 3 is 3.11 bits per heavy atom. The van der Waals surface area contributed by atoms with Crippen molar-refractivity contribution in [3.05, 3.63) is 16.1 Å². The van der Waals surface area contributed by atoms with Gasteiger partial charge in [-0.05, 0) is 26.3 Å². The van der Waals surface area contributed by atoms with Crippen LogP contribution in [0.1, 0.15) is 41.3 Å². The monoisotopic (exact) mass is 280 g/mol. The van der Waals surface area contributed by atoms with Gasteiger partial charge >= 0.3 is 0 Å². The number of rotatable bonds is 2. The summed E-state index contributed by atoms with van der Waals surface area (Å²) in [4.78, 5) is 21.2. The lowest BCUT2D eigenvalue weighted by atomic mass is 10.1. The molecule has 0 aliphatic carbocycles. The Morgan fingerprint density at radius 2 is 2.37 bits per heavy atom. The van der Waals surface area contributed by atoms with Crippen molar-refractivity contribution < 1.29 is 4.79 Å². The zero-order valence-corrected chi connectivity index (χ0v) is 12.0. The first-order valence-electron chi connectivity index (χ1n) is 6.89. The molecule has 2 fully saturated rings. The van der Waals surface area contributed by atoms with Crippen LogP contribution in [0.3, 0.4) is 0 Å². The summed E-state index contributed by atoms with van der Waals surface area (Å²) in [5.41, 5.74) is 6.35. The lowest BCUT2D eigenvalue weighted by Gasteiger charge is -2.37. The molecule has 3 rings (SSSR count). The normalized spacial score (nSPS) is 25.4. The van der Waals surface area contributed by atoms with Crippen LogP contribution >= 0.6 is 11.3 Å². The number of carbonyl (C=O) groups excluding carboxylic acids is 1. The second kappa shape index (κ2) is 5.19. The smallest absolute Gasteiger partial charge is 0.273 e. The summed E-state index contributed by atoms with van der Waals surface area (Å²) >= 11 is 1.48. The highest BCUT2D eigenvalue weighted by Gasteiger charge is 2.33. The summed E-state index contributed by atoms with van der Waals surface area (Å²) in [6, 6.07) is 0.461. The number of carbonyl (C=O) groups is 1. The molecule has 0 spiro atoms. The summed E-state index contributed by atoms with van der Waals surface area (Å²) in [6.45, 7) is 5.76. The first-order valence-corrected chi connectivity index (χ1v) is 7.77. The molecule has 1 aromatic heterocycles. The van der Waals surface area contributed by atoms with E-state index in [0.717, 1.165) is 24.6 Å². The first-order chi connectivity index (χ1) is 9.15. The van der Waals surface area contributed by atoms with Crippen LogP contribution in [0.4, 0.5) is 0 Å². The van der Waals surface area contributed by atoms with Crippen LogP contribution in [0, 0.1) is 0 Å². The third kappa shape index (κ3) is 2.52. The maximum absolute atomic E-state index is 12.4. The van der Waals surface area contributed by atoms with E-state index in [4.69, 9.17) is 5.73 Å². The van der Waals surface area contributed by atoms with Gasteiger partial charge in [-0.15, -0.1) is 11.3 Å². The SMILES string of the molecule is CC(N)c1nc(C(=O)N2CCN3CCCC3C2)cs1. The largest absolute Gasteiger partial charge is 0.334 e. The molecule has 0 aromatic carbocycles. The van der Waals surface area contributed by atoms with Gasteiger partial charge < -0.3 is 10.6 Å². The zero-order valence-electron chi connectivity index (χ0n) is 11.2. The van der Waals surface area contributed by atoms with Gasteiger partial charge in [-0.1, -0.05) is 0 Å². The highest BCUT2D eigenvalue weighted by Crippen LogP contribution is 2.23. The van der Waals surface area contributed by atoms with Crippen molar-refractivity contribution in [1.29, 1.82) is 0 Å². The molecular weight excluding hydrogens is 260 g/mol. The van der Waals surface area contributed by atoms with Crippen molar-refractivity contribution in [2.75, 3.05) is 26.2 Å². The number of nitrogens with zero attached hydrogens (tertiary/aromatic N) is 3. The van der Waals surface area contributed by atoms with E-state index < -0.39 is 0 Å². The van der Waals surface area contributed by atoms with Crippen molar-refractivity contribution in [2.24, 2.45) is 5.73 Å². The van der Waals surface area contributed by atoms with Crippen molar-refractivity contribution in [3.8, 4) is 0 Å². The quantitative estimate of drug-likeness (QED) is 0.880. The van der Waals surface area contributed by atoms with Crippen LogP contribution in [0.5, 0.6) is 0 Å². The van der Waals surface area contributed by atoms with Gasteiger partial charge in [-0.2, -0.15) is 0 Å². The molecule has 0 radical (unpaired) electrons. The molecule has 1 amide bonds. The molecule has 19 heavy (non-hydrogen) atoms. The van der Waals surface area contributed by atoms with Gasteiger partial charge in [0.2, 0.25) is 0 Å². The fraction of sp³-hybridized carbons (Fsp3) is 0.692. The second-order valence-electron chi connectivity index (χ2n) is 5.44. The number of aromatic nitrogens is 1. The Morgan fingerprint density at radius 1 is 1.53 bits per heavy atom. The number of fused-ring (bicyclic) bond motifs is 1.